The molecule has 0 unspecified atom stereocenters. The van der Waals surface area contributed by atoms with Crippen LogP contribution >= 0.6 is 0 Å². The summed E-state index contributed by atoms with van der Waals surface area (Å²) in [4.78, 5) is 2.13. The van der Waals surface area contributed by atoms with Gasteiger partial charge in [-0.3, -0.25) is 4.90 Å². The minimum absolute atomic E-state index is 0.179. The summed E-state index contributed by atoms with van der Waals surface area (Å²) >= 11 is 0. The molecule has 0 saturated heterocycles. The van der Waals surface area contributed by atoms with Crippen LogP contribution in [0.3, 0.4) is 0 Å². The molecule has 0 fully saturated rings. The Hall–Kier alpha value is -1.30. The lowest BCUT2D eigenvalue weighted by Crippen LogP contribution is -2.26. The lowest BCUT2D eigenvalue weighted by Gasteiger charge is -2.18. The third kappa shape index (κ3) is 4.64. The predicted octanol–water partition coefficient (Wildman–Crippen LogP) is 1.50. The first kappa shape index (κ1) is 11.8. The molecule has 0 bridgehead atoms. The van der Waals surface area contributed by atoms with Crippen LogP contribution in [0.1, 0.15) is 12.5 Å². The van der Waals surface area contributed by atoms with Crippen LogP contribution in [0.25, 0.3) is 0 Å². The summed E-state index contributed by atoms with van der Waals surface area (Å²) in [5.41, 5.74) is 1.25. The van der Waals surface area contributed by atoms with Crippen LogP contribution in [0.2, 0.25) is 0 Å². The van der Waals surface area contributed by atoms with Crippen molar-refractivity contribution in [3.63, 3.8) is 0 Å². The maximum absolute atomic E-state index is 8.92. The average molecular weight is 203 g/mol. The zero-order valence-corrected chi connectivity index (χ0v) is 9.11. The van der Waals surface area contributed by atoms with Gasteiger partial charge in [-0.2, -0.15) is 0 Å². The van der Waals surface area contributed by atoms with Crippen molar-refractivity contribution in [1.82, 2.24) is 4.90 Å². The van der Waals surface area contributed by atoms with Gasteiger partial charge < -0.3 is 5.11 Å². The molecular formula is C13H17NO. The van der Waals surface area contributed by atoms with Crippen molar-refractivity contribution in [1.29, 1.82) is 0 Å². The van der Waals surface area contributed by atoms with E-state index >= 15 is 0 Å². The van der Waals surface area contributed by atoms with Crippen LogP contribution in [0.5, 0.6) is 0 Å². The van der Waals surface area contributed by atoms with Gasteiger partial charge in [0.15, 0.2) is 0 Å². The van der Waals surface area contributed by atoms with Gasteiger partial charge in [0, 0.05) is 13.1 Å². The van der Waals surface area contributed by atoms with Crippen molar-refractivity contribution in [2.75, 3.05) is 19.7 Å². The summed E-state index contributed by atoms with van der Waals surface area (Å²) in [5.74, 6) is 5.89. The first-order valence-corrected chi connectivity index (χ1v) is 5.13. The Morgan fingerprint density at radius 3 is 2.60 bits per heavy atom. The number of nitrogens with zero attached hydrogens (tertiary/aromatic N) is 1. The number of rotatable bonds is 5. The zero-order valence-electron chi connectivity index (χ0n) is 9.11. The quantitative estimate of drug-likeness (QED) is 0.733. The number of benzene rings is 1. The molecule has 0 atom stereocenters. The maximum Gasteiger partial charge on any atom is 0.0605 e. The second kappa shape index (κ2) is 7.05. The Morgan fingerprint density at radius 2 is 2.00 bits per heavy atom. The van der Waals surface area contributed by atoms with E-state index < -0.39 is 0 Å². The van der Waals surface area contributed by atoms with Crippen LogP contribution in [0, 0.1) is 11.8 Å². The average Bonchev–Trinajstić information content (AvgIpc) is 2.28. The molecular weight excluding hydrogens is 186 g/mol. The van der Waals surface area contributed by atoms with Crippen molar-refractivity contribution in [3.05, 3.63) is 35.9 Å². The topological polar surface area (TPSA) is 23.5 Å². The molecule has 0 aromatic heterocycles. The molecule has 80 valence electrons. The van der Waals surface area contributed by atoms with E-state index in [4.69, 9.17) is 5.11 Å². The summed E-state index contributed by atoms with van der Waals surface area (Å²) in [6, 6.07) is 10.2. The maximum atomic E-state index is 8.92. The van der Waals surface area contributed by atoms with Crippen molar-refractivity contribution in [2.24, 2.45) is 0 Å². The zero-order chi connectivity index (χ0) is 10.9. The Balaban J connectivity index is 2.53. The molecule has 1 N–H and O–H groups in total. The second-order valence-electron chi connectivity index (χ2n) is 3.35. The number of hydrogen-bond acceptors (Lipinski definition) is 2. The van der Waals surface area contributed by atoms with Crippen molar-refractivity contribution in [2.45, 2.75) is 13.5 Å². The van der Waals surface area contributed by atoms with Crippen LogP contribution < -0.4 is 0 Å². The van der Waals surface area contributed by atoms with E-state index in [1.54, 1.807) is 0 Å². The third-order valence-electron chi connectivity index (χ3n) is 2.14. The van der Waals surface area contributed by atoms with E-state index in [1.165, 1.54) is 5.56 Å². The smallest absolute Gasteiger partial charge is 0.0605 e. The minimum Gasteiger partial charge on any atom is -0.395 e. The summed E-state index contributed by atoms with van der Waals surface area (Å²) < 4.78 is 0. The standard InChI is InChI=1S/C13H17NO/c1-2-3-9-14(10-11-15)12-13-7-5-4-6-8-13/h4-8,15H,9-12H2,1H3. The molecule has 0 aliphatic rings. The minimum atomic E-state index is 0.179. The molecule has 0 aliphatic heterocycles. The van der Waals surface area contributed by atoms with E-state index in [0.717, 1.165) is 6.54 Å². The normalized spacial score (nSPS) is 9.80. The molecule has 15 heavy (non-hydrogen) atoms. The molecule has 0 radical (unpaired) electrons. The van der Waals surface area contributed by atoms with Gasteiger partial charge in [-0.15, -0.1) is 5.92 Å². The van der Waals surface area contributed by atoms with Gasteiger partial charge in [0.05, 0.1) is 13.2 Å². The largest absolute Gasteiger partial charge is 0.395 e. The molecule has 0 saturated carbocycles. The molecule has 0 aliphatic carbocycles. The van der Waals surface area contributed by atoms with E-state index in [0.29, 0.717) is 13.1 Å². The van der Waals surface area contributed by atoms with E-state index in [2.05, 4.69) is 28.9 Å². The fourth-order valence-corrected chi connectivity index (χ4v) is 1.39. The number of aliphatic hydroxyl groups excluding tert-OH is 1. The third-order valence-corrected chi connectivity index (χ3v) is 2.14. The Bertz CT molecular complexity index is 323. The fourth-order valence-electron chi connectivity index (χ4n) is 1.39. The highest BCUT2D eigenvalue weighted by Gasteiger charge is 2.02. The monoisotopic (exact) mass is 203 g/mol. The van der Waals surface area contributed by atoms with Gasteiger partial charge in [0.2, 0.25) is 0 Å². The van der Waals surface area contributed by atoms with Gasteiger partial charge in [-0.25, -0.2) is 0 Å². The van der Waals surface area contributed by atoms with Gasteiger partial charge in [-0.1, -0.05) is 36.3 Å². The summed E-state index contributed by atoms with van der Waals surface area (Å²) in [7, 11) is 0. The molecule has 0 amide bonds. The van der Waals surface area contributed by atoms with E-state index in [-0.39, 0.29) is 6.61 Å². The number of hydrogen-bond donors (Lipinski definition) is 1. The molecule has 0 heterocycles. The first-order chi connectivity index (χ1) is 7.36. The van der Waals surface area contributed by atoms with E-state index in [1.807, 2.05) is 25.1 Å². The molecule has 1 aromatic rings. The van der Waals surface area contributed by atoms with Crippen LogP contribution in [-0.4, -0.2) is 29.7 Å². The molecule has 1 aromatic carbocycles. The molecule has 2 nitrogen and oxygen atoms in total. The Morgan fingerprint density at radius 1 is 1.27 bits per heavy atom. The highest BCUT2D eigenvalue weighted by Crippen LogP contribution is 2.03. The summed E-state index contributed by atoms with van der Waals surface area (Å²) in [6.45, 7) is 4.24. The van der Waals surface area contributed by atoms with E-state index in [9.17, 15) is 0 Å². The lowest BCUT2D eigenvalue weighted by molar-refractivity contribution is 0.205. The van der Waals surface area contributed by atoms with Crippen molar-refractivity contribution >= 4 is 0 Å². The van der Waals surface area contributed by atoms with Gasteiger partial charge in [-0.05, 0) is 12.5 Å². The highest BCUT2D eigenvalue weighted by atomic mass is 16.3. The Kier molecular flexibility index (Phi) is 5.54. The summed E-state index contributed by atoms with van der Waals surface area (Å²) in [5, 5.41) is 8.92. The summed E-state index contributed by atoms with van der Waals surface area (Å²) in [6.07, 6.45) is 0. The van der Waals surface area contributed by atoms with Gasteiger partial charge in [0.1, 0.15) is 0 Å². The molecule has 2 heteroatoms. The first-order valence-electron chi connectivity index (χ1n) is 5.13. The molecule has 0 spiro atoms. The predicted molar refractivity (Wildman–Crippen MR) is 62.3 cm³/mol. The highest BCUT2D eigenvalue weighted by molar-refractivity contribution is 5.14. The van der Waals surface area contributed by atoms with Crippen molar-refractivity contribution in [3.8, 4) is 11.8 Å². The van der Waals surface area contributed by atoms with Crippen LogP contribution in [-0.2, 0) is 6.54 Å². The second-order valence-corrected chi connectivity index (χ2v) is 3.35. The fraction of sp³-hybridized carbons (Fsp3) is 0.385. The number of aliphatic hydroxyl groups is 1. The van der Waals surface area contributed by atoms with Crippen molar-refractivity contribution < 1.29 is 5.11 Å². The van der Waals surface area contributed by atoms with Crippen LogP contribution in [0.15, 0.2) is 30.3 Å². The Labute approximate surface area is 91.5 Å². The van der Waals surface area contributed by atoms with Gasteiger partial charge in [0.25, 0.3) is 0 Å². The van der Waals surface area contributed by atoms with Gasteiger partial charge >= 0.3 is 0 Å². The van der Waals surface area contributed by atoms with Crippen LogP contribution in [0.4, 0.5) is 0 Å². The lowest BCUT2D eigenvalue weighted by atomic mass is 10.2. The SMILES string of the molecule is CC#CCN(CCO)Cc1ccccc1. The molecule has 1 rings (SSSR count).